The van der Waals surface area contributed by atoms with Crippen molar-refractivity contribution < 1.29 is 4.74 Å². The molecule has 3 aliphatic rings. The molecule has 2 aromatic heterocycles. The van der Waals surface area contributed by atoms with Gasteiger partial charge in [-0.2, -0.15) is 0 Å². The quantitative estimate of drug-likeness (QED) is 0.730. The SMILES string of the molecule is CC(C)CN1CCC(Nc2nc(CN3CCOCC3)nc3sc4c(c23)CCCC4)CC1. The summed E-state index contributed by atoms with van der Waals surface area (Å²) >= 11 is 1.92. The van der Waals surface area contributed by atoms with Crippen LogP contribution in [0.2, 0.25) is 0 Å². The number of likely N-dealkylation sites (tertiary alicyclic amines) is 1. The third-order valence-electron chi connectivity index (χ3n) is 6.88. The van der Waals surface area contributed by atoms with Crippen molar-refractivity contribution in [2.75, 3.05) is 51.3 Å². The van der Waals surface area contributed by atoms with Gasteiger partial charge in [-0.25, -0.2) is 9.97 Å². The lowest BCUT2D eigenvalue weighted by atomic mass is 9.96. The maximum absolute atomic E-state index is 5.52. The van der Waals surface area contributed by atoms with Crippen LogP contribution >= 0.6 is 11.3 Å². The van der Waals surface area contributed by atoms with Crippen LogP contribution in [0.1, 0.15) is 55.8 Å². The van der Waals surface area contributed by atoms with E-state index in [0.29, 0.717) is 6.04 Å². The fourth-order valence-electron chi connectivity index (χ4n) is 5.31. The van der Waals surface area contributed by atoms with Crippen LogP contribution in [0.25, 0.3) is 10.2 Å². The summed E-state index contributed by atoms with van der Waals surface area (Å²) < 4.78 is 5.52. The van der Waals surface area contributed by atoms with E-state index in [0.717, 1.165) is 50.4 Å². The molecule has 0 atom stereocenters. The van der Waals surface area contributed by atoms with Gasteiger partial charge in [0.25, 0.3) is 0 Å². The molecule has 1 N–H and O–H groups in total. The van der Waals surface area contributed by atoms with Crippen molar-refractivity contribution in [2.45, 2.75) is 65.0 Å². The Morgan fingerprint density at radius 3 is 2.58 bits per heavy atom. The fourth-order valence-corrected chi connectivity index (χ4v) is 6.59. The minimum atomic E-state index is 0.511. The van der Waals surface area contributed by atoms with Gasteiger partial charge in [0.05, 0.1) is 25.1 Å². The number of nitrogens with zero attached hydrogens (tertiary/aromatic N) is 4. The smallest absolute Gasteiger partial charge is 0.146 e. The molecule has 2 fully saturated rings. The minimum Gasteiger partial charge on any atom is -0.379 e. The zero-order valence-corrected chi connectivity index (χ0v) is 20.0. The zero-order chi connectivity index (χ0) is 21.2. The number of aryl methyl sites for hydroxylation is 2. The van der Waals surface area contributed by atoms with Crippen LogP contribution in [-0.4, -0.2) is 71.7 Å². The average Bonchev–Trinajstić information content (AvgIpc) is 3.14. The Hall–Kier alpha value is -1.28. The molecule has 0 unspecified atom stereocenters. The first-order valence-corrected chi connectivity index (χ1v) is 13.1. The third kappa shape index (κ3) is 5.05. The van der Waals surface area contributed by atoms with Crippen molar-refractivity contribution in [3.8, 4) is 0 Å². The molecule has 4 heterocycles. The molecule has 0 radical (unpaired) electrons. The molecule has 7 heteroatoms. The van der Waals surface area contributed by atoms with Gasteiger partial charge in [-0.15, -0.1) is 11.3 Å². The molecule has 0 bridgehead atoms. The van der Waals surface area contributed by atoms with Crippen LogP contribution in [0.5, 0.6) is 0 Å². The third-order valence-corrected chi connectivity index (χ3v) is 8.07. The van der Waals surface area contributed by atoms with Gasteiger partial charge in [0.15, 0.2) is 0 Å². The number of hydrogen-bond donors (Lipinski definition) is 1. The number of nitrogens with one attached hydrogen (secondary N) is 1. The van der Waals surface area contributed by atoms with E-state index < -0.39 is 0 Å². The predicted octanol–water partition coefficient (Wildman–Crippen LogP) is 3.93. The standard InChI is InChI=1S/C24H37N5OS/c1-17(2)15-28-9-7-18(8-10-28)25-23-22-19-5-3-4-6-20(19)31-24(22)27-21(26-23)16-29-11-13-30-14-12-29/h17-18H,3-16H2,1-2H3,(H,25,26,27). The highest BCUT2D eigenvalue weighted by molar-refractivity contribution is 7.19. The molecule has 0 spiro atoms. The highest BCUT2D eigenvalue weighted by atomic mass is 32.1. The lowest BCUT2D eigenvalue weighted by Crippen LogP contribution is -2.40. The second kappa shape index (κ2) is 9.69. The van der Waals surface area contributed by atoms with Gasteiger partial charge < -0.3 is 15.0 Å². The summed E-state index contributed by atoms with van der Waals surface area (Å²) in [4.78, 5) is 18.0. The molecule has 31 heavy (non-hydrogen) atoms. The first-order chi connectivity index (χ1) is 15.2. The number of aromatic nitrogens is 2. The second-order valence-corrected chi connectivity index (χ2v) is 11.0. The Bertz CT molecular complexity index is 884. The van der Waals surface area contributed by atoms with Gasteiger partial charge in [0.2, 0.25) is 0 Å². The summed E-state index contributed by atoms with van der Waals surface area (Å²) in [7, 11) is 0. The van der Waals surface area contributed by atoms with Crippen molar-refractivity contribution in [3.05, 3.63) is 16.3 Å². The highest BCUT2D eigenvalue weighted by Crippen LogP contribution is 2.39. The van der Waals surface area contributed by atoms with Gasteiger partial charge in [-0.1, -0.05) is 13.8 Å². The van der Waals surface area contributed by atoms with E-state index in [4.69, 9.17) is 14.7 Å². The van der Waals surface area contributed by atoms with Crippen LogP contribution in [0.15, 0.2) is 0 Å². The van der Waals surface area contributed by atoms with E-state index in [1.165, 1.54) is 73.9 Å². The summed E-state index contributed by atoms with van der Waals surface area (Å²) in [5, 5.41) is 5.23. The number of ether oxygens (including phenoxy) is 1. The van der Waals surface area contributed by atoms with E-state index >= 15 is 0 Å². The van der Waals surface area contributed by atoms with E-state index in [1.807, 2.05) is 11.3 Å². The zero-order valence-electron chi connectivity index (χ0n) is 19.2. The van der Waals surface area contributed by atoms with Gasteiger partial charge in [0.1, 0.15) is 16.5 Å². The Kier molecular flexibility index (Phi) is 6.74. The number of hydrogen-bond acceptors (Lipinski definition) is 7. The molecule has 5 rings (SSSR count). The number of fused-ring (bicyclic) bond motifs is 3. The molecule has 1 aliphatic carbocycles. The number of morpholine rings is 1. The van der Waals surface area contributed by atoms with Gasteiger partial charge in [-0.05, 0) is 50.0 Å². The number of thiophene rings is 1. The Balaban J connectivity index is 1.39. The first-order valence-electron chi connectivity index (χ1n) is 12.3. The van der Waals surface area contributed by atoms with E-state index in [-0.39, 0.29) is 0 Å². The van der Waals surface area contributed by atoms with Gasteiger partial charge >= 0.3 is 0 Å². The number of rotatable bonds is 6. The van der Waals surface area contributed by atoms with Crippen LogP contribution in [-0.2, 0) is 24.1 Å². The molecule has 2 aromatic rings. The molecule has 2 saturated heterocycles. The van der Waals surface area contributed by atoms with Gasteiger partial charge in [-0.3, -0.25) is 4.90 Å². The molecule has 0 saturated carbocycles. The van der Waals surface area contributed by atoms with E-state index in [9.17, 15) is 0 Å². The van der Waals surface area contributed by atoms with E-state index in [1.54, 1.807) is 4.88 Å². The Morgan fingerprint density at radius 1 is 1.03 bits per heavy atom. The monoisotopic (exact) mass is 443 g/mol. The highest BCUT2D eigenvalue weighted by Gasteiger charge is 2.25. The topological polar surface area (TPSA) is 53.5 Å². The molecule has 170 valence electrons. The largest absolute Gasteiger partial charge is 0.379 e. The summed E-state index contributed by atoms with van der Waals surface area (Å²) in [6.07, 6.45) is 7.39. The summed E-state index contributed by atoms with van der Waals surface area (Å²) in [5.41, 5.74) is 1.53. The molecule has 0 amide bonds. The van der Waals surface area contributed by atoms with Crippen LogP contribution in [0.4, 0.5) is 5.82 Å². The minimum absolute atomic E-state index is 0.511. The van der Waals surface area contributed by atoms with Crippen molar-refractivity contribution in [1.29, 1.82) is 0 Å². The molecular formula is C24H37N5OS. The fraction of sp³-hybridized carbons (Fsp3) is 0.750. The van der Waals surface area contributed by atoms with Crippen molar-refractivity contribution in [2.24, 2.45) is 5.92 Å². The Labute approximate surface area is 190 Å². The number of piperidine rings is 1. The lowest BCUT2D eigenvalue weighted by Gasteiger charge is -2.33. The number of anilines is 1. The van der Waals surface area contributed by atoms with Crippen LogP contribution < -0.4 is 5.32 Å². The van der Waals surface area contributed by atoms with Crippen LogP contribution in [0.3, 0.4) is 0 Å². The van der Waals surface area contributed by atoms with Crippen molar-refractivity contribution in [3.63, 3.8) is 0 Å². The maximum atomic E-state index is 5.52. The van der Waals surface area contributed by atoms with Gasteiger partial charge in [0, 0.05) is 43.6 Å². The van der Waals surface area contributed by atoms with Crippen molar-refractivity contribution >= 4 is 27.4 Å². The summed E-state index contributed by atoms with van der Waals surface area (Å²) in [5.74, 6) is 2.81. The lowest BCUT2D eigenvalue weighted by molar-refractivity contribution is 0.0331. The molecule has 6 nitrogen and oxygen atoms in total. The van der Waals surface area contributed by atoms with Crippen molar-refractivity contribution in [1.82, 2.24) is 19.8 Å². The second-order valence-electron chi connectivity index (χ2n) is 9.88. The average molecular weight is 444 g/mol. The normalized spacial score (nSPS) is 21.6. The summed E-state index contributed by atoms with van der Waals surface area (Å²) in [6.45, 7) is 12.6. The first kappa shape index (κ1) is 21.6. The van der Waals surface area contributed by atoms with Crippen LogP contribution in [0, 0.1) is 5.92 Å². The van der Waals surface area contributed by atoms with E-state index in [2.05, 4.69) is 29.0 Å². The summed E-state index contributed by atoms with van der Waals surface area (Å²) in [6, 6.07) is 0.511. The Morgan fingerprint density at radius 2 is 1.81 bits per heavy atom. The maximum Gasteiger partial charge on any atom is 0.146 e. The molecule has 0 aromatic carbocycles. The molecule has 2 aliphatic heterocycles. The molecular weight excluding hydrogens is 406 g/mol. The predicted molar refractivity (Wildman–Crippen MR) is 128 cm³/mol.